The largest absolute Gasteiger partial charge is 0.322 e. The van der Waals surface area contributed by atoms with Gasteiger partial charge in [0.25, 0.3) is 5.91 Å². The maximum Gasteiger partial charge on any atom is 0.255 e. The van der Waals surface area contributed by atoms with E-state index in [0.29, 0.717) is 5.56 Å². The van der Waals surface area contributed by atoms with Crippen molar-refractivity contribution in [1.29, 1.82) is 0 Å². The molecular formula is C25H18N2O. The van der Waals surface area contributed by atoms with Crippen LogP contribution in [0.25, 0.3) is 22.4 Å². The molecule has 1 heterocycles. The van der Waals surface area contributed by atoms with E-state index in [-0.39, 0.29) is 5.91 Å². The van der Waals surface area contributed by atoms with Crippen LogP contribution in [0.3, 0.4) is 0 Å². The lowest BCUT2D eigenvalue weighted by molar-refractivity contribution is 0.102. The summed E-state index contributed by atoms with van der Waals surface area (Å²) >= 11 is 0. The zero-order chi connectivity index (χ0) is 18.9. The second-order valence-corrected chi connectivity index (χ2v) is 6.95. The normalized spacial score (nSPS) is 11.6. The number of pyridine rings is 1. The summed E-state index contributed by atoms with van der Waals surface area (Å²) in [6.07, 6.45) is 2.68. The van der Waals surface area contributed by atoms with Crippen LogP contribution in [0.5, 0.6) is 0 Å². The van der Waals surface area contributed by atoms with Crippen LogP contribution in [0.2, 0.25) is 0 Å². The first kappa shape index (κ1) is 16.5. The molecule has 0 saturated carbocycles. The molecule has 0 spiro atoms. The molecule has 1 aromatic heterocycles. The number of carbonyl (C=O) groups excluding carboxylic acids is 1. The van der Waals surface area contributed by atoms with E-state index in [2.05, 4.69) is 46.7 Å². The van der Waals surface area contributed by atoms with Gasteiger partial charge in [0, 0.05) is 23.0 Å². The van der Waals surface area contributed by atoms with Gasteiger partial charge in [-0.1, -0.05) is 48.5 Å². The van der Waals surface area contributed by atoms with Gasteiger partial charge in [-0.25, -0.2) is 0 Å². The molecule has 1 aliphatic rings. The molecule has 0 saturated heterocycles. The third-order valence-corrected chi connectivity index (χ3v) is 5.16. The Bertz CT molecular complexity index is 1160. The van der Waals surface area contributed by atoms with Crippen LogP contribution in [0.1, 0.15) is 21.5 Å². The first-order valence-electron chi connectivity index (χ1n) is 9.32. The maximum absolute atomic E-state index is 12.7. The van der Waals surface area contributed by atoms with Crippen molar-refractivity contribution in [3.63, 3.8) is 0 Å². The van der Waals surface area contributed by atoms with Crippen molar-refractivity contribution in [2.45, 2.75) is 6.42 Å². The lowest BCUT2D eigenvalue weighted by Gasteiger charge is -2.08. The fraction of sp³-hybridized carbons (Fsp3) is 0.0400. The van der Waals surface area contributed by atoms with E-state index in [4.69, 9.17) is 0 Å². The van der Waals surface area contributed by atoms with Crippen molar-refractivity contribution in [2.24, 2.45) is 0 Å². The highest BCUT2D eigenvalue weighted by Gasteiger charge is 2.18. The van der Waals surface area contributed by atoms with Crippen molar-refractivity contribution in [2.75, 3.05) is 5.32 Å². The van der Waals surface area contributed by atoms with Crippen molar-refractivity contribution in [1.82, 2.24) is 4.98 Å². The second-order valence-electron chi connectivity index (χ2n) is 6.95. The number of fused-ring (bicyclic) bond motifs is 3. The fourth-order valence-electron chi connectivity index (χ4n) is 3.75. The summed E-state index contributed by atoms with van der Waals surface area (Å²) in [5.41, 5.74) is 8.48. The van der Waals surface area contributed by atoms with Crippen molar-refractivity contribution in [3.8, 4) is 22.4 Å². The number of anilines is 1. The number of aromatic nitrogens is 1. The molecule has 0 bridgehead atoms. The van der Waals surface area contributed by atoms with E-state index < -0.39 is 0 Å². The van der Waals surface area contributed by atoms with Gasteiger partial charge in [-0.05, 0) is 65.1 Å². The molecule has 0 aliphatic heterocycles. The summed E-state index contributed by atoms with van der Waals surface area (Å²) < 4.78 is 0. The highest BCUT2D eigenvalue weighted by atomic mass is 16.1. The predicted molar refractivity (Wildman–Crippen MR) is 112 cm³/mol. The summed E-state index contributed by atoms with van der Waals surface area (Å²) in [6, 6.07) is 27.9. The van der Waals surface area contributed by atoms with Crippen molar-refractivity contribution in [3.05, 3.63) is 108 Å². The fourth-order valence-corrected chi connectivity index (χ4v) is 3.75. The first-order chi connectivity index (χ1) is 13.8. The maximum atomic E-state index is 12.7. The highest BCUT2D eigenvalue weighted by Crippen LogP contribution is 2.37. The predicted octanol–water partition coefficient (Wildman–Crippen LogP) is 5.57. The number of carbonyl (C=O) groups is 1. The molecule has 1 amide bonds. The number of amides is 1. The molecule has 3 aromatic carbocycles. The monoisotopic (exact) mass is 362 g/mol. The number of benzene rings is 3. The molecular weight excluding hydrogens is 344 g/mol. The number of rotatable bonds is 3. The van der Waals surface area contributed by atoms with Crippen LogP contribution in [-0.2, 0) is 6.42 Å². The van der Waals surface area contributed by atoms with E-state index >= 15 is 0 Å². The Morgan fingerprint density at radius 1 is 0.786 bits per heavy atom. The summed E-state index contributed by atoms with van der Waals surface area (Å²) in [5, 5.41) is 3.02. The van der Waals surface area contributed by atoms with Gasteiger partial charge < -0.3 is 5.32 Å². The molecule has 0 unspecified atom stereocenters. The van der Waals surface area contributed by atoms with Crippen LogP contribution >= 0.6 is 0 Å². The molecule has 0 atom stereocenters. The van der Waals surface area contributed by atoms with E-state index in [1.54, 1.807) is 6.20 Å². The van der Waals surface area contributed by atoms with Crippen molar-refractivity contribution < 1.29 is 4.79 Å². The highest BCUT2D eigenvalue weighted by molar-refractivity contribution is 6.04. The molecule has 5 rings (SSSR count). The van der Waals surface area contributed by atoms with E-state index in [9.17, 15) is 4.79 Å². The third-order valence-electron chi connectivity index (χ3n) is 5.16. The third kappa shape index (κ3) is 2.97. The molecule has 4 aromatic rings. The number of nitrogens with one attached hydrogen (secondary N) is 1. The summed E-state index contributed by atoms with van der Waals surface area (Å²) in [6.45, 7) is 0. The number of hydrogen-bond acceptors (Lipinski definition) is 2. The molecule has 3 heteroatoms. The quantitative estimate of drug-likeness (QED) is 0.456. The Kier molecular flexibility index (Phi) is 3.99. The standard InChI is InChI=1S/C25H18N2O/c28-25(18-10-8-17(9-11-18)24-7-3-4-14-26-24)27-21-12-13-23-20(16-21)15-19-5-1-2-6-22(19)23/h1-14,16H,15H2,(H,27,28). The molecule has 3 nitrogen and oxygen atoms in total. The van der Waals surface area contributed by atoms with Gasteiger partial charge in [-0.2, -0.15) is 0 Å². The van der Waals surface area contributed by atoms with Crippen LogP contribution < -0.4 is 5.32 Å². The molecule has 0 fully saturated rings. The van der Waals surface area contributed by atoms with E-state index in [0.717, 1.165) is 23.4 Å². The van der Waals surface area contributed by atoms with Gasteiger partial charge in [-0.3, -0.25) is 9.78 Å². The lowest BCUT2D eigenvalue weighted by Crippen LogP contribution is -2.11. The molecule has 1 aliphatic carbocycles. The minimum absolute atomic E-state index is 0.108. The van der Waals surface area contributed by atoms with Gasteiger partial charge in [0.15, 0.2) is 0 Å². The minimum atomic E-state index is -0.108. The van der Waals surface area contributed by atoms with Crippen LogP contribution in [0.4, 0.5) is 5.69 Å². The Morgan fingerprint density at radius 3 is 2.39 bits per heavy atom. The van der Waals surface area contributed by atoms with Crippen LogP contribution in [0, 0.1) is 0 Å². The summed E-state index contributed by atoms with van der Waals surface area (Å²) in [7, 11) is 0. The smallest absolute Gasteiger partial charge is 0.255 e. The van der Waals surface area contributed by atoms with Gasteiger partial charge in [0.05, 0.1) is 5.69 Å². The van der Waals surface area contributed by atoms with Gasteiger partial charge in [0.2, 0.25) is 0 Å². The Labute approximate surface area is 163 Å². The van der Waals surface area contributed by atoms with E-state index in [1.165, 1.54) is 22.3 Å². The van der Waals surface area contributed by atoms with Crippen LogP contribution in [0.15, 0.2) is 91.1 Å². The van der Waals surface area contributed by atoms with Gasteiger partial charge >= 0.3 is 0 Å². The summed E-state index contributed by atoms with van der Waals surface area (Å²) in [4.78, 5) is 17.0. The Hall–Kier alpha value is -3.72. The Morgan fingerprint density at radius 2 is 1.57 bits per heavy atom. The van der Waals surface area contributed by atoms with Gasteiger partial charge in [-0.15, -0.1) is 0 Å². The molecule has 28 heavy (non-hydrogen) atoms. The van der Waals surface area contributed by atoms with Gasteiger partial charge in [0.1, 0.15) is 0 Å². The van der Waals surface area contributed by atoms with Crippen LogP contribution in [-0.4, -0.2) is 10.9 Å². The number of hydrogen-bond donors (Lipinski definition) is 1. The zero-order valence-corrected chi connectivity index (χ0v) is 15.2. The van der Waals surface area contributed by atoms with E-state index in [1.807, 2.05) is 48.5 Å². The lowest BCUT2D eigenvalue weighted by atomic mass is 10.1. The molecule has 0 radical (unpaired) electrons. The topological polar surface area (TPSA) is 42.0 Å². The molecule has 1 N–H and O–H groups in total. The SMILES string of the molecule is O=C(Nc1ccc2c(c1)Cc1ccccc1-2)c1ccc(-c2ccccn2)cc1. The van der Waals surface area contributed by atoms with Crippen molar-refractivity contribution >= 4 is 11.6 Å². The Balaban J connectivity index is 1.34. The minimum Gasteiger partial charge on any atom is -0.322 e. The average molecular weight is 362 g/mol. The molecule has 134 valence electrons. The average Bonchev–Trinajstić information content (AvgIpc) is 3.12. The first-order valence-corrected chi connectivity index (χ1v) is 9.32. The second kappa shape index (κ2) is 6.78. The number of nitrogens with zero attached hydrogens (tertiary/aromatic N) is 1. The summed E-state index contributed by atoms with van der Waals surface area (Å²) in [5.74, 6) is -0.108. The zero-order valence-electron chi connectivity index (χ0n) is 15.2.